The quantitative estimate of drug-likeness (QED) is 0.200. The second-order valence-electron chi connectivity index (χ2n) is 11.3. The Morgan fingerprint density at radius 2 is 0.932 bits per heavy atom. The van der Waals surface area contributed by atoms with Crippen molar-refractivity contribution in [1.29, 1.82) is 0 Å². The van der Waals surface area contributed by atoms with Crippen LogP contribution in [0.15, 0.2) is 158 Å². The maximum absolute atomic E-state index is 6.60. The monoisotopic (exact) mass is 563 g/mol. The molecular weight excluding hydrogens is 537 g/mol. The lowest BCUT2D eigenvalue weighted by Crippen LogP contribution is -2.57. The van der Waals surface area contributed by atoms with E-state index >= 15 is 0 Å². The molecule has 0 N–H and O–H groups in total. The van der Waals surface area contributed by atoms with Crippen molar-refractivity contribution < 1.29 is 9.47 Å². The summed E-state index contributed by atoms with van der Waals surface area (Å²) in [6.07, 6.45) is 0. The third-order valence-electron chi connectivity index (χ3n) is 8.77. The largest absolute Gasteiger partial charge is 0.458 e. The van der Waals surface area contributed by atoms with Crippen molar-refractivity contribution in [2.45, 2.75) is 0 Å². The van der Waals surface area contributed by atoms with Gasteiger partial charge in [0.25, 0.3) is 6.71 Å². The molecule has 4 heteroatoms. The molecule has 9 rings (SSSR count). The third kappa shape index (κ3) is 3.85. The molecule has 0 spiro atoms. The van der Waals surface area contributed by atoms with Gasteiger partial charge in [0, 0.05) is 22.2 Å². The fourth-order valence-corrected chi connectivity index (χ4v) is 6.86. The van der Waals surface area contributed by atoms with Gasteiger partial charge in [-0.25, -0.2) is 0 Å². The van der Waals surface area contributed by atoms with E-state index in [1.807, 2.05) is 12.1 Å². The first kappa shape index (κ1) is 24.8. The van der Waals surface area contributed by atoms with Crippen LogP contribution in [0.25, 0.3) is 21.9 Å². The minimum absolute atomic E-state index is 0.0633. The highest BCUT2D eigenvalue weighted by molar-refractivity contribution is 6.98. The van der Waals surface area contributed by atoms with E-state index in [1.54, 1.807) is 0 Å². The molecule has 0 atom stereocenters. The topological polar surface area (TPSA) is 21.7 Å². The fourth-order valence-electron chi connectivity index (χ4n) is 6.86. The maximum atomic E-state index is 6.60. The number of rotatable bonds is 4. The van der Waals surface area contributed by atoms with E-state index in [0.29, 0.717) is 0 Å². The Balaban J connectivity index is 1.24. The van der Waals surface area contributed by atoms with Crippen LogP contribution in [0.5, 0.6) is 23.0 Å². The van der Waals surface area contributed by atoms with E-state index in [4.69, 9.17) is 9.47 Å². The molecule has 206 valence electrons. The predicted molar refractivity (Wildman–Crippen MR) is 182 cm³/mol. The summed E-state index contributed by atoms with van der Waals surface area (Å²) in [6, 6.07) is 55.3. The zero-order valence-corrected chi connectivity index (χ0v) is 23.9. The Labute approximate surface area is 256 Å². The van der Waals surface area contributed by atoms with Crippen LogP contribution >= 0.6 is 0 Å². The van der Waals surface area contributed by atoms with E-state index in [9.17, 15) is 0 Å². The lowest BCUT2D eigenvalue weighted by atomic mass is 9.35. The molecule has 2 aliphatic heterocycles. The van der Waals surface area contributed by atoms with Crippen LogP contribution in [0.3, 0.4) is 0 Å². The SMILES string of the molecule is c1ccc(N(c2ccccc2)c2ccc(-c3cc4c5c(c3)Oc3ccccc3B5c3ccccc3O4)c3ccccc23)cc1. The summed E-state index contributed by atoms with van der Waals surface area (Å²) in [6.45, 7) is 0.0633. The summed E-state index contributed by atoms with van der Waals surface area (Å²) in [4.78, 5) is 2.33. The molecule has 2 heterocycles. The third-order valence-corrected chi connectivity index (χ3v) is 8.77. The molecule has 7 aromatic rings. The van der Waals surface area contributed by atoms with Crippen molar-refractivity contribution in [2.24, 2.45) is 0 Å². The van der Waals surface area contributed by atoms with Gasteiger partial charge in [0.2, 0.25) is 0 Å². The first-order valence-electron chi connectivity index (χ1n) is 15.0. The summed E-state index contributed by atoms with van der Waals surface area (Å²) >= 11 is 0. The summed E-state index contributed by atoms with van der Waals surface area (Å²) in [5.41, 5.74) is 8.96. The number of nitrogens with zero attached hydrogens (tertiary/aromatic N) is 1. The van der Waals surface area contributed by atoms with Crippen LogP contribution in [0.2, 0.25) is 0 Å². The predicted octanol–water partition coefficient (Wildman–Crippen LogP) is 8.70. The van der Waals surface area contributed by atoms with Gasteiger partial charge in [0.05, 0.1) is 5.69 Å². The van der Waals surface area contributed by atoms with Gasteiger partial charge in [-0.3, -0.25) is 0 Å². The lowest BCUT2D eigenvalue weighted by Gasteiger charge is -2.33. The summed E-state index contributed by atoms with van der Waals surface area (Å²) in [7, 11) is 0. The molecule has 0 amide bonds. The molecule has 2 aliphatic rings. The van der Waals surface area contributed by atoms with Crippen molar-refractivity contribution in [1.82, 2.24) is 0 Å². The highest BCUT2D eigenvalue weighted by atomic mass is 16.5. The molecule has 0 fully saturated rings. The Morgan fingerprint density at radius 1 is 0.432 bits per heavy atom. The van der Waals surface area contributed by atoms with E-state index in [0.717, 1.165) is 62.0 Å². The standard InChI is InChI=1S/C40H26BNO2/c1-3-13-28(14-4-1)42(29-15-5-2-6-16-29)35-24-23-30(31-17-7-8-18-32(31)35)27-25-38-40-39(26-27)44-37-22-12-10-20-34(37)41(40)33-19-9-11-21-36(33)43-38/h1-26H. The summed E-state index contributed by atoms with van der Waals surface area (Å²) < 4.78 is 13.2. The van der Waals surface area contributed by atoms with Gasteiger partial charge in [-0.2, -0.15) is 0 Å². The molecule has 0 aromatic heterocycles. The molecular formula is C40H26BNO2. The van der Waals surface area contributed by atoms with Gasteiger partial charge >= 0.3 is 0 Å². The molecule has 0 unspecified atom stereocenters. The van der Waals surface area contributed by atoms with E-state index < -0.39 is 0 Å². The van der Waals surface area contributed by atoms with Crippen molar-refractivity contribution in [3.05, 3.63) is 158 Å². The number of ether oxygens (including phenoxy) is 2. The van der Waals surface area contributed by atoms with Gasteiger partial charge in [-0.1, -0.05) is 103 Å². The van der Waals surface area contributed by atoms with Crippen LogP contribution in [-0.4, -0.2) is 6.71 Å². The first-order valence-corrected chi connectivity index (χ1v) is 15.0. The summed E-state index contributed by atoms with van der Waals surface area (Å²) in [5.74, 6) is 3.48. The van der Waals surface area contributed by atoms with Crippen LogP contribution in [-0.2, 0) is 0 Å². The Morgan fingerprint density at radius 3 is 1.52 bits per heavy atom. The normalized spacial score (nSPS) is 12.4. The maximum Gasteiger partial charge on any atom is 0.260 e. The first-order chi connectivity index (χ1) is 21.8. The van der Waals surface area contributed by atoms with Crippen molar-refractivity contribution in [2.75, 3.05) is 4.90 Å². The highest BCUT2D eigenvalue weighted by Gasteiger charge is 2.40. The van der Waals surface area contributed by atoms with E-state index in [2.05, 4.69) is 150 Å². The molecule has 0 saturated carbocycles. The van der Waals surface area contributed by atoms with E-state index in [1.165, 1.54) is 16.3 Å². The number of hydrogen-bond donors (Lipinski definition) is 0. The number of anilines is 3. The van der Waals surface area contributed by atoms with Gasteiger partial charge in [0.15, 0.2) is 0 Å². The smallest absolute Gasteiger partial charge is 0.260 e. The Bertz CT molecular complexity index is 2090. The average molecular weight is 563 g/mol. The molecule has 0 radical (unpaired) electrons. The lowest BCUT2D eigenvalue weighted by molar-refractivity contribution is 0.465. The molecule has 3 nitrogen and oxygen atoms in total. The number of fused-ring (bicyclic) bond motifs is 5. The van der Waals surface area contributed by atoms with E-state index in [-0.39, 0.29) is 6.71 Å². The minimum Gasteiger partial charge on any atom is -0.458 e. The molecule has 0 bridgehead atoms. The summed E-state index contributed by atoms with van der Waals surface area (Å²) in [5, 5.41) is 2.33. The molecule has 0 saturated heterocycles. The van der Waals surface area contributed by atoms with Crippen LogP contribution in [0, 0.1) is 0 Å². The average Bonchev–Trinajstić information content (AvgIpc) is 3.09. The van der Waals surface area contributed by atoms with Crippen molar-refractivity contribution in [3.63, 3.8) is 0 Å². The second-order valence-corrected chi connectivity index (χ2v) is 11.3. The van der Waals surface area contributed by atoms with Crippen LogP contribution in [0.1, 0.15) is 0 Å². The molecule has 7 aromatic carbocycles. The zero-order chi connectivity index (χ0) is 29.0. The Kier molecular flexibility index (Phi) is 5.60. The molecule has 0 aliphatic carbocycles. The van der Waals surface area contributed by atoms with Crippen LogP contribution in [0.4, 0.5) is 17.1 Å². The number of benzene rings is 7. The second kappa shape index (κ2) is 9.93. The van der Waals surface area contributed by atoms with Gasteiger partial charge < -0.3 is 14.4 Å². The van der Waals surface area contributed by atoms with Crippen molar-refractivity contribution in [3.8, 4) is 34.1 Å². The van der Waals surface area contributed by atoms with Gasteiger partial charge in [-0.15, -0.1) is 0 Å². The Hall–Kier alpha value is -5.74. The fraction of sp³-hybridized carbons (Fsp3) is 0. The van der Waals surface area contributed by atoms with Crippen LogP contribution < -0.4 is 30.8 Å². The highest BCUT2D eigenvalue weighted by Crippen LogP contribution is 2.44. The van der Waals surface area contributed by atoms with Gasteiger partial charge in [-0.05, 0) is 82.0 Å². The minimum atomic E-state index is 0.0633. The van der Waals surface area contributed by atoms with Crippen molar-refractivity contribution >= 4 is 50.9 Å². The number of para-hydroxylation sites is 4. The van der Waals surface area contributed by atoms with Gasteiger partial charge in [0.1, 0.15) is 23.0 Å². The zero-order valence-electron chi connectivity index (χ0n) is 23.9. The number of hydrogen-bond acceptors (Lipinski definition) is 3. The molecule has 44 heavy (non-hydrogen) atoms.